The molecule has 1 aliphatic carbocycles. The molecule has 1 heterocycles. The Morgan fingerprint density at radius 1 is 1.12 bits per heavy atom. The van der Waals surface area contributed by atoms with Crippen molar-refractivity contribution < 1.29 is 19.4 Å². The Hall–Kier alpha value is -3.65. The van der Waals surface area contributed by atoms with Crippen LogP contribution in [0.25, 0.3) is 5.69 Å². The van der Waals surface area contributed by atoms with Crippen LogP contribution < -0.4 is 10.5 Å². The van der Waals surface area contributed by atoms with Gasteiger partial charge in [0.15, 0.2) is 5.69 Å². The Labute approximate surface area is 199 Å². The van der Waals surface area contributed by atoms with Crippen molar-refractivity contribution >= 4 is 11.9 Å². The summed E-state index contributed by atoms with van der Waals surface area (Å²) < 4.78 is 6.44. The number of methoxy groups -OCH3 is 1. The normalized spacial score (nSPS) is 13.7. The standard InChI is InChI=1S/C14H20N2O.C12H12N2O3/c1-16(2)10-9-14(7-8-14)12-5-3-11(4-6-12)13(15)17;1-8-7-11(12(15)16)14(13-8)9-3-5-10(17-2)6-4-9/h3-6H,7-10H2,1-2H3,(H2,15,17);3-7H,1-2H3,(H,15,16). The number of carboxylic acid groups (broad SMARTS) is 1. The second-order valence-electron chi connectivity index (χ2n) is 8.86. The number of hydrogen-bond acceptors (Lipinski definition) is 5. The molecule has 34 heavy (non-hydrogen) atoms. The van der Waals surface area contributed by atoms with Crippen LogP contribution in [-0.4, -0.2) is 59.4 Å². The van der Waals surface area contributed by atoms with Crippen LogP contribution in [0.2, 0.25) is 0 Å². The van der Waals surface area contributed by atoms with Gasteiger partial charge < -0.3 is 20.5 Å². The van der Waals surface area contributed by atoms with E-state index in [1.807, 2.05) is 12.1 Å². The average Bonchev–Trinajstić information content (AvgIpc) is 3.52. The topological polar surface area (TPSA) is 111 Å². The molecule has 0 unspecified atom stereocenters. The largest absolute Gasteiger partial charge is 0.497 e. The quantitative estimate of drug-likeness (QED) is 0.526. The van der Waals surface area contributed by atoms with Crippen molar-refractivity contribution in [3.63, 3.8) is 0 Å². The van der Waals surface area contributed by atoms with Crippen LogP contribution in [0.5, 0.6) is 5.75 Å². The predicted molar refractivity (Wildman–Crippen MR) is 131 cm³/mol. The Morgan fingerprint density at radius 3 is 2.21 bits per heavy atom. The lowest BCUT2D eigenvalue weighted by Crippen LogP contribution is -2.19. The van der Waals surface area contributed by atoms with E-state index in [4.69, 9.17) is 15.6 Å². The number of amides is 1. The van der Waals surface area contributed by atoms with Gasteiger partial charge >= 0.3 is 5.97 Å². The number of carboxylic acids is 1. The van der Waals surface area contributed by atoms with E-state index in [-0.39, 0.29) is 11.6 Å². The summed E-state index contributed by atoms with van der Waals surface area (Å²) in [5.74, 6) is -0.634. The number of aromatic carboxylic acids is 1. The number of nitrogens with two attached hydrogens (primary N) is 1. The maximum atomic E-state index is 11.0. The zero-order chi connectivity index (χ0) is 24.9. The second-order valence-corrected chi connectivity index (χ2v) is 8.86. The Balaban J connectivity index is 0.000000191. The zero-order valence-corrected chi connectivity index (χ0v) is 20.1. The first-order chi connectivity index (χ1) is 16.1. The van der Waals surface area contributed by atoms with Crippen molar-refractivity contribution in [2.24, 2.45) is 5.73 Å². The van der Waals surface area contributed by atoms with Gasteiger partial charge in [-0.1, -0.05) is 12.1 Å². The van der Waals surface area contributed by atoms with E-state index >= 15 is 0 Å². The summed E-state index contributed by atoms with van der Waals surface area (Å²) in [5, 5.41) is 13.2. The molecule has 0 saturated heterocycles. The molecule has 0 aliphatic heterocycles. The SMILES string of the molecule is CN(C)CCC1(c2ccc(C(N)=O)cc2)CC1.COc1ccc(-n2nc(C)cc2C(=O)O)cc1. The van der Waals surface area contributed by atoms with Crippen molar-refractivity contribution in [3.8, 4) is 11.4 Å². The molecule has 0 bridgehead atoms. The van der Waals surface area contributed by atoms with Crippen LogP contribution in [0.15, 0.2) is 54.6 Å². The maximum Gasteiger partial charge on any atom is 0.354 e. The molecule has 1 fully saturated rings. The van der Waals surface area contributed by atoms with Gasteiger partial charge in [-0.05, 0) is 100 Å². The number of primary amides is 1. The lowest BCUT2D eigenvalue weighted by atomic mass is 9.91. The third kappa shape index (κ3) is 6.02. The molecule has 3 aromatic rings. The van der Waals surface area contributed by atoms with Crippen LogP contribution in [0.1, 0.15) is 51.4 Å². The highest BCUT2D eigenvalue weighted by atomic mass is 16.5. The monoisotopic (exact) mass is 464 g/mol. The third-order valence-electron chi connectivity index (χ3n) is 6.04. The molecular formula is C26H32N4O4. The Bertz CT molecular complexity index is 1130. The van der Waals surface area contributed by atoms with Gasteiger partial charge in [-0.2, -0.15) is 5.10 Å². The number of nitrogens with zero attached hydrogens (tertiary/aromatic N) is 3. The molecule has 8 heteroatoms. The first kappa shape index (κ1) is 25.0. The molecule has 1 aromatic heterocycles. The number of benzene rings is 2. The minimum Gasteiger partial charge on any atom is -0.497 e. The lowest BCUT2D eigenvalue weighted by molar-refractivity contribution is 0.0686. The van der Waals surface area contributed by atoms with Gasteiger partial charge in [-0.15, -0.1) is 0 Å². The third-order valence-corrected chi connectivity index (χ3v) is 6.04. The van der Waals surface area contributed by atoms with E-state index < -0.39 is 5.97 Å². The molecule has 3 N–H and O–H groups in total. The molecule has 2 aromatic carbocycles. The van der Waals surface area contributed by atoms with Crippen LogP contribution in [-0.2, 0) is 5.41 Å². The molecule has 180 valence electrons. The summed E-state index contributed by atoms with van der Waals surface area (Å²) in [4.78, 5) is 24.3. The molecular weight excluding hydrogens is 432 g/mol. The molecule has 1 amide bonds. The second kappa shape index (κ2) is 10.5. The number of ether oxygens (including phenoxy) is 1. The first-order valence-corrected chi connectivity index (χ1v) is 11.1. The maximum absolute atomic E-state index is 11.0. The van der Waals surface area contributed by atoms with Gasteiger partial charge in [-0.25, -0.2) is 9.48 Å². The fourth-order valence-corrected chi connectivity index (χ4v) is 3.83. The molecule has 1 aliphatic rings. The summed E-state index contributed by atoms with van der Waals surface area (Å²) in [6.45, 7) is 2.87. The van der Waals surface area contributed by atoms with Crippen molar-refractivity contribution in [2.75, 3.05) is 27.7 Å². The highest BCUT2D eigenvalue weighted by Gasteiger charge is 2.43. The lowest BCUT2D eigenvalue weighted by Gasteiger charge is -2.18. The van der Waals surface area contributed by atoms with Gasteiger partial charge in [0, 0.05) is 5.56 Å². The van der Waals surface area contributed by atoms with E-state index in [9.17, 15) is 9.59 Å². The highest BCUT2D eigenvalue weighted by molar-refractivity contribution is 5.92. The van der Waals surface area contributed by atoms with Crippen LogP contribution in [0.3, 0.4) is 0 Å². The number of hydrogen-bond donors (Lipinski definition) is 2. The van der Waals surface area contributed by atoms with E-state index in [1.54, 1.807) is 38.3 Å². The molecule has 0 radical (unpaired) electrons. The minimum absolute atomic E-state index is 0.146. The van der Waals surface area contributed by atoms with E-state index in [0.29, 0.717) is 22.4 Å². The Kier molecular flexibility index (Phi) is 7.73. The van der Waals surface area contributed by atoms with Crippen molar-refractivity contribution in [2.45, 2.75) is 31.6 Å². The number of aryl methyl sites for hydroxylation is 1. The number of aromatic nitrogens is 2. The number of rotatable bonds is 8. The van der Waals surface area contributed by atoms with Crippen LogP contribution in [0.4, 0.5) is 0 Å². The summed E-state index contributed by atoms with van der Waals surface area (Å²) in [6.07, 6.45) is 3.71. The van der Waals surface area contributed by atoms with E-state index in [0.717, 1.165) is 12.3 Å². The molecule has 0 spiro atoms. The predicted octanol–water partition coefficient (Wildman–Crippen LogP) is 3.66. The van der Waals surface area contributed by atoms with Crippen LogP contribution >= 0.6 is 0 Å². The van der Waals surface area contributed by atoms with Crippen molar-refractivity contribution in [1.29, 1.82) is 0 Å². The first-order valence-electron chi connectivity index (χ1n) is 11.1. The fraction of sp³-hybridized carbons (Fsp3) is 0.346. The fourth-order valence-electron chi connectivity index (χ4n) is 3.83. The summed E-state index contributed by atoms with van der Waals surface area (Å²) in [5.41, 5.74) is 9.05. The van der Waals surface area contributed by atoms with E-state index in [2.05, 4.69) is 36.2 Å². The minimum atomic E-state index is -0.999. The molecule has 4 rings (SSSR count). The van der Waals surface area contributed by atoms with Crippen molar-refractivity contribution in [1.82, 2.24) is 14.7 Å². The van der Waals surface area contributed by atoms with Gasteiger partial charge in [0.2, 0.25) is 5.91 Å². The van der Waals surface area contributed by atoms with E-state index in [1.165, 1.54) is 35.6 Å². The number of carbonyl (C=O) groups excluding carboxylic acids is 1. The smallest absolute Gasteiger partial charge is 0.354 e. The van der Waals surface area contributed by atoms with Crippen molar-refractivity contribution in [3.05, 3.63) is 77.1 Å². The van der Waals surface area contributed by atoms with Gasteiger partial charge in [-0.3, -0.25) is 4.79 Å². The molecule has 1 saturated carbocycles. The zero-order valence-electron chi connectivity index (χ0n) is 20.1. The van der Waals surface area contributed by atoms with Gasteiger partial charge in [0.25, 0.3) is 0 Å². The molecule has 8 nitrogen and oxygen atoms in total. The van der Waals surface area contributed by atoms with Gasteiger partial charge in [0.05, 0.1) is 18.5 Å². The van der Waals surface area contributed by atoms with Gasteiger partial charge in [0.1, 0.15) is 5.75 Å². The molecule has 0 atom stereocenters. The highest BCUT2D eigenvalue weighted by Crippen LogP contribution is 2.51. The summed E-state index contributed by atoms with van der Waals surface area (Å²) in [7, 11) is 5.79. The average molecular weight is 465 g/mol. The van der Waals surface area contributed by atoms with Crippen LogP contribution in [0, 0.1) is 6.92 Å². The summed E-state index contributed by atoms with van der Waals surface area (Å²) >= 11 is 0. The summed E-state index contributed by atoms with van der Waals surface area (Å²) in [6, 6.07) is 16.4. The Morgan fingerprint density at radius 2 is 1.74 bits per heavy atom. The number of carbonyl (C=O) groups is 2.